The van der Waals surface area contributed by atoms with Gasteiger partial charge in [0, 0.05) is 12.5 Å². The lowest BCUT2D eigenvalue weighted by molar-refractivity contribution is -0.137. The van der Waals surface area contributed by atoms with Crippen LogP contribution < -0.4 is 5.32 Å². The molecule has 3 heteroatoms. The summed E-state index contributed by atoms with van der Waals surface area (Å²) in [4.78, 5) is 10.4. The van der Waals surface area contributed by atoms with Crippen LogP contribution in [0.25, 0.3) is 0 Å². The highest BCUT2D eigenvalue weighted by atomic mass is 16.4. The van der Waals surface area contributed by atoms with E-state index in [-0.39, 0.29) is 12.5 Å². The number of carboxylic acids is 1. The van der Waals surface area contributed by atoms with Crippen LogP contribution >= 0.6 is 0 Å². The predicted molar refractivity (Wildman–Crippen MR) is 59.9 cm³/mol. The third kappa shape index (κ3) is 4.61. The molecule has 0 aliphatic heterocycles. The molecule has 1 atom stereocenters. The molecule has 0 fully saturated rings. The minimum atomic E-state index is -0.733. The van der Waals surface area contributed by atoms with Gasteiger partial charge in [-0.25, -0.2) is 0 Å². The van der Waals surface area contributed by atoms with Gasteiger partial charge < -0.3 is 10.4 Å². The van der Waals surface area contributed by atoms with Gasteiger partial charge >= 0.3 is 5.97 Å². The van der Waals surface area contributed by atoms with Gasteiger partial charge in [-0.15, -0.1) is 0 Å². The Bertz CT molecular complexity index is 298. The highest BCUT2D eigenvalue weighted by Crippen LogP contribution is 2.07. The van der Waals surface area contributed by atoms with Crippen LogP contribution in [0.4, 0.5) is 0 Å². The third-order valence-corrected chi connectivity index (χ3v) is 2.44. The Morgan fingerprint density at radius 3 is 2.60 bits per heavy atom. The molecule has 0 spiro atoms. The molecule has 0 radical (unpaired) electrons. The quantitative estimate of drug-likeness (QED) is 0.746. The molecule has 0 saturated heterocycles. The number of nitrogens with one attached hydrogen (secondary N) is 1. The lowest BCUT2D eigenvalue weighted by atomic mass is 10.0. The second kappa shape index (κ2) is 6.19. The molecule has 3 nitrogen and oxygen atoms in total. The van der Waals surface area contributed by atoms with E-state index in [0.717, 1.165) is 6.42 Å². The lowest BCUT2D eigenvalue weighted by Gasteiger charge is -2.14. The summed E-state index contributed by atoms with van der Waals surface area (Å²) in [6.07, 6.45) is 1.77. The van der Waals surface area contributed by atoms with Crippen molar-refractivity contribution < 1.29 is 9.90 Å². The van der Waals surface area contributed by atoms with Crippen LogP contribution in [-0.4, -0.2) is 24.2 Å². The molecular formula is C12H17NO2. The van der Waals surface area contributed by atoms with Gasteiger partial charge in [0.15, 0.2) is 0 Å². The fourth-order valence-corrected chi connectivity index (χ4v) is 1.54. The molecule has 0 aromatic heterocycles. The van der Waals surface area contributed by atoms with Gasteiger partial charge in [0.2, 0.25) is 0 Å². The normalized spacial score (nSPS) is 12.3. The van der Waals surface area contributed by atoms with Gasteiger partial charge in [-0.1, -0.05) is 30.3 Å². The minimum Gasteiger partial charge on any atom is -0.481 e. The van der Waals surface area contributed by atoms with Crippen LogP contribution in [-0.2, 0) is 11.2 Å². The molecule has 1 rings (SSSR count). The number of benzene rings is 1. The van der Waals surface area contributed by atoms with Gasteiger partial charge in [-0.3, -0.25) is 4.79 Å². The molecule has 0 bridgehead atoms. The Balaban J connectivity index is 2.43. The Labute approximate surface area is 90.1 Å². The Hall–Kier alpha value is -1.35. The third-order valence-electron chi connectivity index (χ3n) is 2.44. The summed E-state index contributed by atoms with van der Waals surface area (Å²) in [5, 5.41) is 11.7. The molecule has 1 aromatic carbocycles. The summed E-state index contributed by atoms with van der Waals surface area (Å²) in [5.41, 5.74) is 1.24. The van der Waals surface area contributed by atoms with E-state index in [2.05, 4.69) is 17.4 Å². The lowest BCUT2D eigenvalue weighted by Crippen LogP contribution is -2.28. The number of hydrogen-bond donors (Lipinski definition) is 2. The fraction of sp³-hybridized carbons (Fsp3) is 0.417. The van der Waals surface area contributed by atoms with Crippen molar-refractivity contribution in [1.29, 1.82) is 0 Å². The molecular weight excluding hydrogens is 190 g/mol. The van der Waals surface area contributed by atoms with Crippen LogP contribution in [0.5, 0.6) is 0 Å². The topological polar surface area (TPSA) is 49.3 Å². The minimum absolute atomic E-state index is 0.221. The average Bonchev–Trinajstić information content (AvgIpc) is 2.25. The summed E-state index contributed by atoms with van der Waals surface area (Å²) in [7, 11) is 1.87. The maximum absolute atomic E-state index is 10.4. The number of likely N-dealkylation sites (N-methyl/N-ethyl adjacent to an activating group) is 1. The molecule has 0 amide bonds. The Kier molecular flexibility index (Phi) is 4.84. The number of hydrogen-bond acceptors (Lipinski definition) is 2. The maximum atomic E-state index is 10.4. The number of aliphatic carboxylic acids is 1. The monoisotopic (exact) mass is 207 g/mol. The molecule has 1 aromatic rings. The van der Waals surface area contributed by atoms with E-state index in [4.69, 9.17) is 5.11 Å². The smallest absolute Gasteiger partial charge is 0.303 e. The van der Waals surface area contributed by atoms with E-state index in [0.29, 0.717) is 6.42 Å². The van der Waals surface area contributed by atoms with Crippen molar-refractivity contribution in [3.8, 4) is 0 Å². The van der Waals surface area contributed by atoms with E-state index in [9.17, 15) is 4.79 Å². The summed E-state index contributed by atoms with van der Waals surface area (Å²) < 4.78 is 0. The second-order valence-corrected chi connectivity index (χ2v) is 3.61. The van der Waals surface area contributed by atoms with E-state index >= 15 is 0 Å². The summed E-state index contributed by atoms with van der Waals surface area (Å²) >= 11 is 0. The SMILES string of the molecule is CNC(CCC(=O)O)Cc1ccccc1. The van der Waals surface area contributed by atoms with Crippen LogP contribution in [0.3, 0.4) is 0 Å². The first kappa shape index (κ1) is 11.7. The van der Waals surface area contributed by atoms with Gasteiger partial charge in [0.05, 0.1) is 0 Å². The number of carbonyl (C=O) groups is 1. The molecule has 82 valence electrons. The zero-order valence-electron chi connectivity index (χ0n) is 8.94. The first-order valence-electron chi connectivity index (χ1n) is 5.15. The molecule has 15 heavy (non-hydrogen) atoms. The van der Waals surface area contributed by atoms with Crippen LogP contribution in [0.1, 0.15) is 18.4 Å². The molecule has 0 aliphatic rings. The number of rotatable bonds is 6. The number of carboxylic acid groups (broad SMARTS) is 1. The average molecular weight is 207 g/mol. The van der Waals surface area contributed by atoms with E-state index in [1.807, 2.05) is 25.2 Å². The van der Waals surface area contributed by atoms with E-state index in [1.165, 1.54) is 5.56 Å². The highest BCUT2D eigenvalue weighted by Gasteiger charge is 2.08. The molecule has 1 unspecified atom stereocenters. The van der Waals surface area contributed by atoms with Gasteiger partial charge in [0.1, 0.15) is 0 Å². The van der Waals surface area contributed by atoms with Crippen LogP contribution in [0.2, 0.25) is 0 Å². The van der Waals surface area contributed by atoms with Crippen molar-refractivity contribution in [2.24, 2.45) is 0 Å². The summed E-state index contributed by atoms with van der Waals surface area (Å²) in [6.45, 7) is 0. The highest BCUT2D eigenvalue weighted by molar-refractivity contribution is 5.66. The van der Waals surface area contributed by atoms with Crippen LogP contribution in [0.15, 0.2) is 30.3 Å². The molecule has 0 heterocycles. The zero-order chi connectivity index (χ0) is 11.1. The first-order chi connectivity index (χ1) is 7.22. The van der Waals surface area contributed by atoms with Gasteiger partial charge in [-0.05, 0) is 25.5 Å². The largest absolute Gasteiger partial charge is 0.481 e. The van der Waals surface area contributed by atoms with E-state index < -0.39 is 5.97 Å². The molecule has 2 N–H and O–H groups in total. The van der Waals surface area contributed by atoms with Gasteiger partial charge in [0.25, 0.3) is 0 Å². The maximum Gasteiger partial charge on any atom is 0.303 e. The molecule has 0 saturated carbocycles. The van der Waals surface area contributed by atoms with E-state index in [1.54, 1.807) is 0 Å². The van der Waals surface area contributed by atoms with Crippen molar-refractivity contribution in [1.82, 2.24) is 5.32 Å². The first-order valence-corrected chi connectivity index (χ1v) is 5.15. The fourth-order valence-electron chi connectivity index (χ4n) is 1.54. The van der Waals surface area contributed by atoms with Gasteiger partial charge in [-0.2, -0.15) is 0 Å². The standard InChI is InChI=1S/C12H17NO2/c1-13-11(7-8-12(14)15)9-10-5-3-2-4-6-10/h2-6,11,13H,7-9H2,1H3,(H,14,15). The van der Waals surface area contributed by atoms with Crippen LogP contribution in [0, 0.1) is 0 Å². The Morgan fingerprint density at radius 1 is 1.40 bits per heavy atom. The predicted octanol–water partition coefficient (Wildman–Crippen LogP) is 1.68. The Morgan fingerprint density at radius 2 is 2.07 bits per heavy atom. The van der Waals surface area contributed by atoms with Crippen molar-refractivity contribution in [3.05, 3.63) is 35.9 Å². The summed E-state index contributed by atoms with van der Waals surface area (Å²) in [5.74, 6) is -0.733. The van der Waals surface area contributed by atoms with Crippen molar-refractivity contribution in [3.63, 3.8) is 0 Å². The second-order valence-electron chi connectivity index (χ2n) is 3.61. The zero-order valence-corrected chi connectivity index (χ0v) is 8.94. The molecule has 0 aliphatic carbocycles. The van der Waals surface area contributed by atoms with Crippen molar-refractivity contribution in [2.45, 2.75) is 25.3 Å². The van der Waals surface area contributed by atoms with Crippen molar-refractivity contribution >= 4 is 5.97 Å². The van der Waals surface area contributed by atoms with Crippen molar-refractivity contribution in [2.75, 3.05) is 7.05 Å². The summed E-state index contributed by atoms with van der Waals surface area (Å²) in [6, 6.07) is 10.3.